The van der Waals surface area contributed by atoms with E-state index in [1.807, 2.05) is 0 Å². The zero-order valence-corrected chi connectivity index (χ0v) is 8.06. The quantitative estimate of drug-likeness (QED) is 0.656. The molecule has 2 rings (SSSR count). The molecule has 12 heavy (non-hydrogen) atoms. The van der Waals surface area contributed by atoms with Crippen LogP contribution in [0.1, 0.15) is 6.42 Å². The van der Waals surface area contributed by atoms with Gasteiger partial charge in [0.1, 0.15) is 0 Å². The van der Waals surface area contributed by atoms with Gasteiger partial charge in [-0.1, -0.05) is 11.8 Å². The molecule has 0 aromatic rings. The molecule has 4 heteroatoms. The summed E-state index contributed by atoms with van der Waals surface area (Å²) >= 11 is 1.48. The van der Waals surface area contributed by atoms with Crippen molar-refractivity contribution in [3.8, 4) is 0 Å². The molecule has 68 valence electrons. The van der Waals surface area contributed by atoms with Crippen molar-refractivity contribution >= 4 is 17.0 Å². The lowest BCUT2D eigenvalue weighted by molar-refractivity contribution is 0.262. The molecule has 3 atom stereocenters. The topological polar surface area (TPSA) is 32.3 Å². The van der Waals surface area contributed by atoms with Gasteiger partial charge in [0.15, 0.2) is 0 Å². The van der Waals surface area contributed by atoms with Gasteiger partial charge in [-0.25, -0.2) is 0 Å². The molecule has 2 aliphatic rings. The molecule has 2 saturated heterocycles. The molecule has 3 nitrogen and oxygen atoms in total. The highest BCUT2D eigenvalue weighted by Crippen LogP contribution is 2.35. The van der Waals surface area contributed by atoms with Gasteiger partial charge >= 0.3 is 0 Å². The average Bonchev–Trinajstić information content (AvgIpc) is 2.64. The minimum absolute atomic E-state index is 0.119. The van der Waals surface area contributed by atoms with Crippen LogP contribution in [0.4, 0.5) is 4.79 Å². The standard InChI is InChI=1S/C8H14N2OS/c1-9-8(11)12-7-5-10-3-2-6(7)4-10/h6-7H,2-5H2,1H3,(H,9,11). The number of amides is 1. The molecule has 1 N–H and O–H groups in total. The van der Waals surface area contributed by atoms with E-state index in [9.17, 15) is 4.79 Å². The molecular weight excluding hydrogens is 172 g/mol. The molecule has 0 radical (unpaired) electrons. The summed E-state index contributed by atoms with van der Waals surface area (Å²) in [5, 5.41) is 3.33. The molecule has 2 fully saturated rings. The van der Waals surface area contributed by atoms with Crippen molar-refractivity contribution in [2.75, 3.05) is 26.7 Å². The number of carbonyl (C=O) groups excluding carboxylic acids is 1. The highest BCUT2D eigenvalue weighted by atomic mass is 32.2. The molecule has 2 bridgehead atoms. The summed E-state index contributed by atoms with van der Waals surface area (Å²) in [5.74, 6) is 0.771. The first-order valence-electron chi connectivity index (χ1n) is 4.40. The molecule has 1 amide bonds. The number of rotatable bonds is 1. The van der Waals surface area contributed by atoms with E-state index in [0.717, 1.165) is 12.5 Å². The first-order chi connectivity index (χ1) is 5.79. The van der Waals surface area contributed by atoms with E-state index in [4.69, 9.17) is 0 Å². The molecule has 0 aromatic carbocycles. The van der Waals surface area contributed by atoms with Crippen molar-refractivity contribution in [2.45, 2.75) is 11.7 Å². The fraction of sp³-hybridized carbons (Fsp3) is 0.875. The van der Waals surface area contributed by atoms with Gasteiger partial charge in [0, 0.05) is 25.4 Å². The van der Waals surface area contributed by atoms with E-state index in [0.29, 0.717) is 5.25 Å². The molecule has 0 aromatic heterocycles. The zero-order chi connectivity index (χ0) is 8.55. The highest BCUT2D eigenvalue weighted by molar-refractivity contribution is 8.14. The van der Waals surface area contributed by atoms with Crippen molar-refractivity contribution in [3.05, 3.63) is 0 Å². The molecule has 2 heterocycles. The number of carbonyl (C=O) groups is 1. The van der Waals surface area contributed by atoms with Crippen molar-refractivity contribution in [1.29, 1.82) is 0 Å². The minimum Gasteiger partial charge on any atom is -0.350 e. The Balaban J connectivity index is 1.86. The summed E-state index contributed by atoms with van der Waals surface area (Å²) in [7, 11) is 1.70. The Kier molecular flexibility index (Phi) is 2.28. The van der Waals surface area contributed by atoms with Crippen LogP contribution >= 0.6 is 11.8 Å². The van der Waals surface area contributed by atoms with E-state index < -0.39 is 0 Å². The summed E-state index contributed by atoms with van der Waals surface area (Å²) < 4.78 is 0. The number of piperidine rings is 1. The molecule has 0 spiro atoms. The number of nitrogens with zero attached hydrogens (tertiary/aromatic N) is 1. The molecule has 3 unspecified atom stereocenters. The van der Waals surface area contributed by atoms with E-state index >= 15 is 0 Å². The SMILES string of the molecule is CNC(=O)SC1CN2CCC1C2. The van der Waals surface area contributed by atoms with Crippen LogP contribution < -0.4 is 5.32 Å². The van der Waals surface area contributed by atoms with Crippen molar-refractivity contribution in [1.82, 2.24) is 10.2 Å². The van der Waals surface area contributed by atoms with Gasteiger partial charge in [-0.2, -0.15) is 0 Å². The number of hydrogen-bond acceptors (Lipinski definition) is 3. The lowest BCUT2D eigenvalue weighted by Gasteiger charge is -2.20. The summed E-state index contributed by atoms with van der Waals surface area (Å²) in [4.78, 5) is 13.5. The number of hydrogen-bond donors (Lipinski definition) is 1. The maximum Gasteiger partial charge on any atom is 0.279 e. The number of thioether (sulfide) groups is 1. The Hall–Kier alpha value is -0.220. The van der Waals surface area contributed by atoms with Crippen molar-refractivity contribution < 1.29 is 4.79 Å². The second kappa shape index (κ2) is 3.26. The number of nitrogens with one attached hydrogen (secondary N) is 1. The highest BCUT2D eigenvalue weighted by Gasteiger charge is 2.39. The summed E-state index contributed by atoms with van der Waals surface area (Å²) in [6, 6.07) is 0. The van der Waals surface area contributed by atoms with Crippen molar-refractivity contribution in [2.24, 2.45) is 5.92 Å². The van der Waals surface area contributed by atoms with E-state index in [1.54, 1.807) is 7.05 Å². The normalized spacial score (nSPS) is 38.6. The first-order valence-corrected chi connectivity index (χ1v) is 5.28. The van der Waals surface area contributed by atoms with Crippen LogP contribution in [0.3, 0.4) is 0 Å². The third-order valence-corrected chi connectivity index (χ3v) is 3.99. The second-order valence-electron chi connectivity index (χ2n) is 3.50. The van der Waals surface area contributed by atoms with E-state index in [-0.39, 0.29) is 5.24 Å². The molecule has 0 aliphatic carbocycles. The molecule has 0 saturated carbocycles. The summed E-state index contributed by atoms with van der Waals surface area (Å²) in [6.07, 6.45) is 1.29. The lowest BCUT2D eigenvalue weighted by atomic mass is 10.1. The monoisotopic (exact) mass is 186 g/mol. The van der Waals surface area contributed by atoms with Crippen LogP contribution in [-0.4, -0.2) is 42.1 Å². The Morgan fingerprint density at radius 3 is 2.92 bits per heavy atom. The van der Waals surface area contributed by atoms with Gasteiger partial charge in [-0.15, -0.1) is 0 Å². The lowest BCUT2D eigenvalue weighted by Crippen LogP contribution is -2.28. The second-order valence-corrected chi connectivity index (χ2v) is 4.71. The van der Waals surface area contributed by atoms with E-state index in [1.165, 1.54) is 31.3 Å². The smallest absolute Gasteiger partial charge is 0.279 e. The Morgan fingerprint density at radius 1 is 1.58 bits per heavy atom. The zero-order valence-electron chi connectivity index (χ0n) is 7.25. The maximum atomic E-state index is 11.1. The predicted molar refractivity (Wildman–Crippen MR) is 50.4 cm³/mol. The average molecular weight is 186 g/mol. The third kappa shape index (κ3) is 1.45. The maximum absolute atomic E-state index is 11.1. The van der Waals surface area contributed by atoms with Crippen LogP contribution in [-0.2, 0) is 0 Å². The van der Waals surface area contributed by atoms with Crippen LogP contribution in [0.25, 0.3) is 0 Å². The van der Waals surface area contributed by atoms with Crippen molar-refractivity contribution in [3.63, 3.8) is 0 Å². The van der Waals surface area contributed by atoms with Crippen LogP contribution in [0, 0.1) is 5.92 Å². The van der Waals surface area contributed by atoms with Gasteiger partial charge < -0.3 is 10.2 Å². The fourth-order valence-corrected chi connectivity index (χ4v) is 3.16. The third-order valence-electron chi connectivity index (χ3n) is 2.74. The Labute approximate surface area is 76.9 Å². The van der Waals surface area contributed by atoms with Gasteiger partial charge in [-0.3, -0.25) is 4.79 Å². The first kappa shape index (κ1) is 8.38. The summed E-state index contributed by atoms with van der Waals surface area (Å²) in [5.41, 5.74) is 0. The van der Waals surface area contributed by atoms with Gasteiger partial charge in [0.25, 0.3) is 5.24 Å². The molecular formula is C8H14N2OS. The Morgan fingerprint density at radius 2 is 2.42 bits per heavy atom. The van der Waals surface area contributed by atoms with Gasteiger partial charge in [0.05, 0.1) is 0 Å². The molecule has 2 aliphatic heterocycles. The van der Waals surface area contributed by atoms with Crippen LogP contribution in [0.5, 0.6) is 0 Å². The largest absolute Gasteiger partial charge is 0.350 e. The van der Waals surface area contributed by atoms with Crippen LogP contribution in [0.15, 0.2) is 0 Å². The summed E-state index contributed by atoms with van der Waals surface area (Å²) in [6.45, 7) is 3.58. The van der Waals surface area contributed by atoms with Gasteiger partial charge in [-0.05, 0) is 18.9 Å². The fourth-order valence-electron chi connectivity index (χ4n) is 2.07. The predicted octanol–water partition coefficient (Wildman–Crippen LogP) is 0.763. The van der Waals surface area contributed by atoms with Crippen LogP contribution in [0.2, 0.25) is 0 Å². The van der Waals surface area contributed by atoms with Gasteiger partial charge in [0.2, 0.25) is 0 Å². The minimum atomic E-state index is 0.119. The van der Waals surface area contributed by atoms with E-state index in [2.05, 4.69) is 10.2 Å². The number of fused-ring (bicyclic) bond motifs is 2. The Bertz CT molecular complexity index is 197.